The molecule has 18 heavy (non-hydrogen) atoms. The molecule has 0 fully saturated rings. The van der Waals surface area contributed by atoms with Crippen LogP contribution >= 0.6 is 15.9 Å². The summed E-state index contributed by atoms with van der Waals surface area (Å²) in [5.74, 6) is -0.00977. The highest BCUT2D eigenvalue weighted by atomic mass is 79.9. The van der Waals surface area contributed by atoms with Crippen LogP contribution in [0.25, 0.3) is 0 Å². The van der Waals surface area contributed by atoms with Crippen LogP contribution < -0.4 is 10.1 Å². The van der Waals surface area contributed by atoms with Gasteiger partial charge in [-0.2, -0.15) is 13.2 Å². The van der Waals surface area contributed by atoms with E-state index in [1.165, 1.54) is 19.2 Å². The summed E-state index contributed by atoms with van der Waals surface area (Å²) in [5.41, 5.74) is 0.268. The van der Waals surface area contributed by atoms with Crippen LogP contribution in [0.15, 0.2) is 22.7 Å². The number of alkyl halides is 3. The second kappa shape index (κ2) is 6.08. The fourth-order valence-electron chi connectivity index (χ4n) is 1.23. The Bertz CT molecular complexity index is 435. The number of amides is 1. The Hall–Kier alpha value is -1.24. The molecular formula is C11H11BrF3NO2. The first kappa shape index (κ1) is 14.8. The van der Waals surface area contributed by atoms with E-state index in [0.29, 0.717) is 10.2 Å². The standard InChI is InChI=1S/C11H11BrF3NO2/c1-18-9-3-2-7(6-8(9)12)10(17)16-5-4-11(13,14)15/h2-3,6H,4-5H2,1H3,(H,16,17). The summed E-state index contributed by atoms with van der Waals surface area (Å²) >= 11 is 3.19. The molecule has 1 aromatic rings. The summed E-state index contributed by atoms with van der Waals surface area (Å²) < 4.78 is 41.2. The Kier molecular flexibility index (Phi) is 5.01. The van der Waals surface area contributed by atoms with Crippen LogP contribution in [-0.4, -0.2) is 25.7 Å². The molecule has 1 N–H and O–H groups in total. The van der Waals surface area contributed by atoms with Crippen molar-refractivity contribution in [3.8, 4) is 5.75 Å². The van der Waals surface area contributed by atoms with E-state index < -0.39 is 25.0 Å². The molecule has 0 heterocycles. The average Bonchev–Trinajstić information content (AvgIpc) is 2.27. The number of hydrogen-bond acceptors (Lipinski definition) is 2. The second-order valence-electron chi connectivity index (χ2n) is 3.47. The quantitative estimate of drug-likeness (QED) is 0.923. The maximum absolute atomic E-state index is 11.9. The van der Waals surface area contributed by atoms with E-state index in [1.807, 2.05) is 0 Å². The van der Waals surface area contributed by atoms with Gasteiger partial charge in [0, 0.05) is 12.1 Å². The van der Waals surface area contributed by atoms with Gasteiger partial charge in [-0.3, -0.25) is 4.79 Å². The number of hydrogen-bond donors (Lipinski definition) is 1. The fraction of sp³-hybridized carbons (Fsp3) is 0.364. The van der Waals surface area contributed by atoms with E-state index in [1.54, 1.807) is 6.07 Å². The predicted octanol–water partition coefficient (Wildman–Crippen LogP) is 3.14. The third-order valence-corrected chi connectivity index (χ3v) is 2.73. The lowest BCUT2D eigenvalue weighted by Gasteiger charge is -2.09. The SMILES string of the molecule is COc1ccc(C(=O)NCCC(F)(F)F)cc1Br. The van der Waals surface area contributed by atoms with Gasteiger partial charge < -0.3 is 10.1 Å². The fourth-order valence-corrected chi connectivity index (χ4v) is 1.77. The molecule has 0 saturated heterocycles. The van der Waals surface area contributed by atoms with Gasteiger partial charge in [0.25, 0.3) is 5.91 Å². The zero-order chi connectivity index (χ0) is 13.8. The Morgan fingerprint density at radius 2 is 2.11 bits per heavy atom. The highest BCUT2D eigenvalue weighted by Gasteiger charge is 2.26. The van der Waals surface area contributed by atoms with Crippen molar-refractivity contribution in [2.24, 2.45) is 0 Å². The van der Waals surface area contributed by atoms with Gasteiger partial charge in [0.1, 0.15) is 5.75 Å². The van der Waals surface area contributed by atoms with E-state index in [2.05, 4.69) is 21.2 Å². The Labute approximate surface area is 110 Å². The van der Waals surface area contributed by atoms with Gasteiger partial charge in [-0.25, -0.2) is 0 Å². The molecule has 1 rings (SSSR count). The van der Waals surface area contributed by atoms with Gasteiger partial charge in [-0.15, -0.1) is 0 Å². The Balaban J connectivity index is 2.59. The number of methoxy groups -OCH3 is 1. The molecule has 0 aliphatic carbocycles. The molecule has 0 aromatic heterocycles. The number of carbonyl (C=O) groups excluding carboxylic acids is 1. The summed E-state index contributed by atoms with van der Waals surface area (Å²) in [6.45, 7) is -0.439. The molecule has 0 spiro atoms. The normalized spacial score (nSPS) is 11.2. The molecular weight excluding hydrogens is 315 g/mol. The van der Waals surface area contributed by atoms with Crippen LogP contribution in [0.3, 0.4) is 0 Å². The molecule has 100 valence electrons. The first-order valence-corrected chi connectivity index (χ1v) is 5.81. The summed E-state index contributed by atoms with van der Waals surface area (Å²) in [6, 6.07) is 4.52. The van der Waals surface area contributed by atoms with Crippen LogP contribution in [0.1, 0.15) is 16.8 Å². The van der Waals surface area contributed by atoms with Crippen molar-refractivity contribution in [3.63, 3.8) is 0 Å². The predicted molar refractivity (Wildman–Crippen MR) is 63.7 cm³/mol. The largest absolute Gasteiger partial charge is 0.496 e. The van der Waals surface area contributed by atoms with Gasteiger partial charge >= 0.3 is 6.18 Å². The van der Waals surface area contributed by atoms with Crippen molar-refractivity contribution >= 4 is 21.8 Å². The lowest BCUT2D eigenvalue weighted by molar-refractivity contribution is -0.132. The minimum absolute atomic E-state index is 0.268. The first-order chi connectivity index (χ1) is 8.33. The Morgan fingerprint density at radius 3 is 2.61 bits per heavy atom. The van der Waals surface area contributed by atoms with Crippen LogP contribution in [0.5, 0.6) is 5.75 Å². The van der Waals surface area contributed by atoms with Crippen LogP contribution in [0.4, 0.5) is 13.2 Å². The maximum atomic E-state index is 11.9. The van der Waals surface area contributed by atoms with Gasteiger partial charge in [-0.05, 0) is 34.1 Å². The van der Waals surface area contributed by atoms with E-state index >= 15 is 0 Å². The molecule has 0 radical (unpaired) electrons. The second-order valence-corrected chi connectivity index (χ2v) is 4.32. The van der Waals surface area contributed by atoms with Crippen LogP contribution in [0.2, 0.25) is 0 Å². The molecule has 0 aliphatic heterocycles. The Morgan fingerprint density at radius 1 is 1.44 bits per heavy atom. The molecule has 1 amide bonds. The van der Waals surface area contributed by atoms with E-state index in [0.717, 1.165) is 0 Å². The monoisotopic (exact) mass is 325 g/mol. The summed E-state index contributed by atoms with van der Waals surface area (Å²) in [5, 5.41) is 2.20. The molecule has 7 heteroatoms. The zero-order valence-corrected chi connectivity index (χ0v) is 11.1. The van der Waals surface area contributed by atoms with Crippen molar-refractivity contribution in [2.75, 3.05) is 13.7 Å². The van der Waals surface area contributed by atoms with Crippen LogP contribution in [-0.2, 0) is 0 Å². The molecule has 0 bridgehead atoms. The molecule has 3 nitrogen and oxygen atoms in total. The van der Waals surface area contributed by atoms with Gasteiger partial charge in [-0.1, -0.05) is 0 Å². The number of carbonyl (C=O) groups is 1. The average molecular weight is 326 g/mol. The highest BCUT2D eigenvalue weighted by Crippen LogP contribution is 2.25. The van der Waals surface area contributed by atoms with Crippen molar-refractivity contribution in [1.82, 2.24) is 5.32 Å². The topological polar surface area (TPSA) is 38.3 Å². The number of nitrogens with one attached hydrogen (secondary N) is 1. The summed E-state index contributed by atoms with van der Waals surface area (Å²) in [7, 11) is 1.48. The maximum Gasteiger partial charge on any atom is 0.390 e. The van der Waals surface area contributed by atoms with E-state index in [4.69, 9.17) is 4.74 Å². The first-order valence-electron chi connectivity index (χ1n) is 5.02. The van der Waals surface area contributed by atoms with Crippen molar-refractivity contribution in [1.29, 1.82) is 0 Å². The van der Waals surface area contributed by atoms with Gasteiger partial charge in [0.15, 0.2) is 0 Å². The lowest BCUT2D eigenvalue weighted by atomic mass is 10.2. The number of rotatable bonds is 4. The third kappa shape index (κ3) is 4.56. The van der Waals surface area contributed by atoms with Crippen LogP contribution in [0, 0.1) is 0 Å². The molecule has 1 aromatic carbocycles. The van der Waals surface area contributed by atoms with Crippen molar-refractivity contribution in [3.05, 3.63) is 28.2 Å². The minimum atomic E-state index is -4.27. The molecule has 0 saturated carbocycles. The molecule has 0 atom stereocenters. The van der Waals surface area contributed by atoms with E-state index in [-0.39, 0.29) is 5.56 Å². The van der Waals surface area contributed by atoms with E-state index in [9.17, 15) is 18.0 Å². The zero-order valence-electron chi connectivity index (χ0n) is 9.47. The molecule has 0 aliphatic rings. The number of benzene rings is 1. The minimum Gasteiger partial charge on any atom is -0.496 e. The smallest absolute Gasteiger partial charge is 0.390 e. The summed E-state index contributed by atoms with van der Waals surface area (Å²) in [4.78, 5) is 11.5. The lowest BCUT2D eigenvalue weighted by Crippen LogP contribution is -2.27. The van der Waals surface area contributed by atoms with Gasteiger partial charge in [0.2, 0.25) is 0 Å². The number of halogens is 4. The summed E-state index contributed by atoms with van der Waals surface area (Å²) in [6.07, 6.45) is -5.32. The van der Waals surface area contributed by atoms with Crippen molar-refractivity contribution < 1.29 is 22.7 Å². The third-order valence-electron chi connectivity index (χ3n) is 2.11. The number of ether oxygens (including phenoxy) is 1. The van der Waals surface area contributed by atoms with Gasteiger partial charge in [0.05, 0.1) is 18.0 Å². The van der Waals surface area contributed by atoms with Crippen molar-refractivity contribution in [2.45, 2.75) is 12.6 Å². The highest BCUT2D eigenvalue weighted by molar-refractivity contribution is 9.10. The molecule has 0 unspecified atom stereocenters.